The number of nitrogens with one attached hydrogen (secondary N) is 1. The van der Waals surface area contributed by atoms with Crippen LogP contribution in [0.5, 0.6) is 0 Å². The molecule has 114 valence electrons. The van der Waals surface area contributed by atoms with Crippen molar-refractivity contribution in [2.24, 2.45) is 5.92 Å². The molecular weight excluding hydrogens is 264 g/mol. The van der Waals surface area contributed by atoms with Crippen LogP contribution >= 0.6 is 0 Å². The van der Waals surface area contributed by atoms with Crippen molar-refractivity contribution in [2.45, 2.75) is 44.4 Å². The Morgan fingerprint density at radius 1 is 1.38 bits per heavy atom. The Labute approximate surface area is 126 Å². The second-order valence-corrected chi connectivity index (χ2v) is 6.36. The maximum absolute atomic E-state index is 12.6. The summed E-state index contributed by atoms with van der Waals surface area (Å²) in [5, 5.41) is 12.7. The van der Waals surface area contributed by atoms with Gasteiger partial charge in [0.15, 0.2) is 0 Å². The summed E-state index contributed by atoms with van der Waals surface area (Å²) in [6, 6.07) is 10.6. The fourth-order valence-electron chi connectivity index (χ4n) is 3.61. The van der Waals surface area contributed by atoms with Crippen LogP contribution in [-0.4, -0.2) is 47.2 Å². The third-order valence-corrected chi connectivity index (χ3v) is 4.94. The van der Waals surface area contributed by atoms with Gasteiger partial charge in [-0.05, 0) is 37.7 Å². The predicted octanol–water partition coefficient (Wildman–Crippen LogP) is 1.19. The third-order valence-electron chi connectivity index (χ3n) is 4.94. The van der Waals surface area contributed by atoms with Gasteiger partial charge in [-0.2, -0.15) is 0 Å². The number of likely N-dealkylation sites (tertiary alicyclic amines) is 1. The molecule has 4 atom stereocenters. The van der Waals surface area contributed by atoms with Crippen LogP contribution in [0.15, 0.2) is 30.3 Å². The number of carbonyl (C=O) groups is 1. The summed E-state index contributed by atoms with van der Waals surface area (Å²) in [5.74, 6) is 0.692. The summed E-state index contributed by atoms with van der Waals surface area (Å²) in [6.07, 6.45) is 2.27. The van der Waals surface area contributed by atoms with Crippen molar-refractivity contribution in [3.8, 4) is 0 Å². The minimum Gasteiger partial charge on any atom is -0.392 e. The number of aliphatic hydroxyl groups is 1. The molecule has 1 aromatic rings. The van der Waals surface area contributed by atoms with E-state index in [1.54, 1.807) is 0 Å². The van der Waals surface area contributed by atoms with E-state index in [1.165, 1.54) is 5.56 Å². The van der Waals surface area contributed by atoms with Crippen LogP contribution in [0.3, 0.4) is 0 Å². The molecule has 0 spiro atoms. The van der Waals surface area contributed by atoms with E-state index in [2.05, 4.69) is 36.5 Å². The molecule has 2 N–H and O–H groups in total. The second-order valence-electron chi connectivity index (χ2n) is 6.36. The number of aliphatic hydroxyl groups excluding tert-OH is 1. The van der Waals surface area contributed by atoms with Crippen molar-refractivity contribution in [3.63, 3.8) is 0 Å². The van der Waals surface area contributed by atoms with Gasteiger partial charge >= 0.3 is 0 Å². The number of β-amino-alcohol motifs (C(OH)–C–C–N with tert-alkyl or cyclic N) is 1. The molecule has 2 aliphatic rings. The van der Waals surface area contributed by atoms with E-state index in [0.29, 0.717) is 18.9 Å². The maximum atomic E-state index is 12.6. The van der Waals surface area contributed by atoms with E-state index in [0.717, 1.165) is 19.4 Å². The molecule has 2 saturated heterocycles. The molecule has 0 radical (unpaired) electrons. The summed E-state index contributed by atoms with van der Waals surface area (Å²) >= 11 is 0. The Balaban J connectivity index is 1.61. The lowest BCUT2D eigenvalue weighted by atomic mass is 9.93. The number of hydrogen-bond donors (Lipinski definition) is 2. The van der Waals surface area contributed by atoms with Gasteiger partial charge in [0.1, 0.15) is 0 Å². The summed E-state index contributed by atoms with van der Waals surface area (Å²) in [4.78, 5) is 14.6. The highest BCUT2D eigenvalue weighted by Gasteiger charge is 2.38. The van der Waals surface area contributed by atoms with Gasteiger partial charge in [-0.15, -0.1) is 0 Å². The van der Waals surface area contributed by atoms with E-state index >= 15 is 0 Å². The number of rotatable bonds is 3. The molecule has 0 aliphatic carbocycles. The van der Waals surface area contributed by atoms with Crippen LogP contribution in [0, 0.1) is 5.92 Å². The standard InChI is InChI=1S/C17H24N2O2/c1-12-14(9-13-5-3-2-4-6-13)7-8-19(12)17(21)16-10-15(20)11-18-16/h2-6,12,14-16,18,20H,7-11H2,1H3. The van der Waals surface area contributed by atoms with Gasteiger partial charge in [0.25, 0.3) is 0 Å². The average molecular weight is 288 g/mol. The number of nitrogens with zero attached hydrogens (tertiary/aromatic N) is 1. The number of hydrogen-bond acceptors (Lipinski definition) is 3. The molecule has 2 fully saturated rings. The topological polar surface area (TPSA) is 52.6 Å². The highest BCUT2D eigenvalue weighted by Crippen LogP contribution is 2.28. The molecule has 0 aromatic heterocycles. The first-order valence-electron chi connectivity index (χ1n) is 7.91. The Bertz CT molecular complexity index is 491. The summed E-state index contributed by atoms with van der Waals surface area (Å²) in [6.45, 7) is 3.53. The Morgan fingerprint density at radius 3 is 2.81 bits per heavy atom. The molecule has 4 heteroatoms. The monoisotopic (exact) mass is 288 g/mol. The lowest BCUT2D eigenvalue weighted by Gasteiger charge is -2.27. The van der Waals surface area contributed by atoms with Gasteiger partial charge in [-0.1, -0.05) is 30.3 Å². The van der Waals surface area contributed by atoms with Gasteiger partial charge < -0.3 is 15.3 Å². The van der Waals surface area contributed by atoms with Crippen LogP contribution in [0.2, 0.25) is 0 Å². The van der Waals surface area contributed by atoms with E-state index in [4.69, 9.17) is 0 Å². The predicted molar refractivity (Wildman–Crippen MR) is 81.8 cm³/mol. The third kappa shape index (κ3) is 3.11. The molecule has 4 nitrogen and oxygen atoms in total. The zero-order valence-corrected chi connectivity index (χ0v) is 12.5. The van der Waals surface area contributed by atoms with Crippen LogP contribution in [-0.2, 0) is 11.2 Å². The molecule has 1 aromatic carbocycles. The smallest absolute Gasteiger partial charge is 0.240 e. The minimum atomic E-state index is -0.378. The molecule has 0 bridgehead atoms. The first kappa shape index (κ1) is 14.5. The molecule has 2 aliphatic heterocycles. The van der Waals surface area contributed by atoms with Crippen molar-refractivity contribution in [3.05, 3.63) is 35.9 Å². The lowest BCUT2D eigenvalue weighted by molar-refractivity contribution is -0.134. The normalized spacial score (nSPS) is 32.6. The molecule has 1 amide bonds. The van der Waals surface area contributed by atoms with Gasteiger partial charge in [0, 0.05) is 19.1 Å². The van der Waals surface area contributed by atoms with Crippen LogP contribution in [0.25, 0.3) is 0 Å². The highest BCUT2D eigenvalue weighted by molar-refractivity contribution is 5.83. The molecular formula is C17H24N2O2. The largest absolute Gasteiger partial charge is 0.392 e. The van der Waals surface area contributed by atoms with Crippen molar-refractivity contribution in [1.82, 2.24) is 10.2 Å². The molecule has 4 unspecified atom stereocenters. The minimum absolute atomic E-state index is 0.162. The van der Waals surface area contributed by atoms with Gasteiger partial charge in [-0.3, -0.25) is 4.79 Å². The van der Waals surface area contributed by atoms with E-state index in [1.807, 2.05) is 11.0 Å². The van der Waals surface area contributed by atoms with E-state index < -0.39 is 0 Å². The van der Waals surface area contributed by atoms with Crippen molar-refractivity contribution in [2.75, 3.05) is 13.1 Å². The quantitative estimate of drug-likeness (QED) is 0.878. The maximum Gasteiger partial charge on any atom is 0.240 e. The zero-order chi connectivity index (χ0) is 14.8. The first-order valence-corrected chi connectivity index (χ1v) is 7.91. The second kappa shape index (κ2) is 6.16. The van der Waals surface area contributed by atoms with Crippen LogP contribution in [0.1, 0.15) is 25.3 Å². The molecule has 3 rings (SSSR count). The fraction of sp³-hybridized carbons (Fsp3) is 0.588. The van der Waals surface area contributed by atoms with Gasteiger partial charge in [0.2, 0.25) is 5.91 Å². The molecule has 21 heavy (non-hydrogen) atoms. The first-order chi connectivity index (χ1) is 10.1. The average Bonchev–Trinajstić information content (AvgIpc) is 3.07. The highest BCUT2D eigenvalue weighted by atomic mass is 16.3. The van der Waals surface area contributed by atoms with Crippen molar-refractivity contribution < 1.29 is 9.90 Å². The van der Waals surface area contributed by atoms with E-state index in [-0.39, 0.29) is 24.1 Å². The van der Waals surface area contributed by atoms with Crippen molar-refractivity contribution >= 4 is 5.91 Å². The molecule has 0 saturated carbocycles. The Kier molecular flexibility index (Phi) is 4.27. The summed E-state index contributed by atoms with van der Waals surface area (Å²) in [7, 11) is 0. The van der Waals surface area contributed by atoms with Gasteiger partial charge in [0.05, 0.1) is 12.1 Å². The number of amides is 1. The fourth-order valence-corrected chi connectivity index (χ4v) is 3.61. The van der Waals surface area contributed by atoms with Crippen LogP contribution < -0.4 is 5.32 Å². The molecule has 2 heterocycles. The van der Waals surface area contributed by atoms with E-state index in [9.17, 15) is 9.90 Å². The Morgan fingerprint density at radius 2 is 2.14 bits per heavy atom. The summed E-state index contributed by atoms with van der Waals surface area (Å²) in [5.41, 5.74) is 1.35. The summed E-state index contributed by atoms with van der Waals surface area (Å²) < 4.78 is 0. The van der Waals surface area contributed by atoms with Crippen molar-refractivity contribution in [1.29, 1.82) is 0 Å². The Hall–Kier alpha value is -1.39. The SMILES string of the molecule is CC1C(Cc2ccccc2)CCN1C(=O)C1CC(O)CN1. The number of carbonyl (C=O) groups excluding carboxylic acids is 1. The number of benzene rings is 1. The van der Waals surface area contributed by atoms with Gasteiger partial charge in [-0.25, -0.2) is 0 Å². The van der Waals surface area contributed by atoms with Crippen LogP contribution in [0.4, 0.5) is 0 Å². The lowest BCUT2D eigenvalue weighted by Crippen LogP contribution is -2.46. The zero-order valence-electron chi connectivity index (χ0n) is 12.5.